The van der Waals surface area contributed by atoms with E-state index in [9.17, 15) is 27.6 Å². The number of nitrogens with zero attached hydrogens (tertiary/aromatic N) is 4. The first kappa shape index (κ1) is 41.8. The molecule has 2 saturated carbocycles. The van der Waals surface area contributed by atoms with Crippen LogP contribution in [0.5, 0.6) is 5.88 Å². The summed E-state index contributed by atoms with van der Waals surface area (Å²) in [6.45, 7) is 7.60. The molecule has 0 unspecified atom stereocenters. The quantitative estimate of drug-likeness (QED) is 0.190. The Morgan fingerprint density at radius 2 is 1.71 bits per heavy atom. The van der Waals surface area contributed by atoms with Crippen LogP contribution in [0.15, 0.2) is 65.1 Å². The number of amides is 5. The highest BCUT2D eigenvalue weighted by atomic mass is 32.2. The smallest absolute Gasteiger partial charge is 0.318 e. The molecule has 2 aliphatic carbocycles. The molecule has 5 heterocycles. The molecule has 0 radical (unpaired) electrons. The van der Waals surface area contributed by atoms with Crippen LogP contribution < -0.4 is 20.1 Å². The molecule has 15 nitrogen and oxygen atoms in total. The number of nitrogens with one attached hydrogen (secondary N) is 3. The van der Waals surface area contributed by atoms with Crippen molar-refractivity contribution in [1.82, 2.24) is 35.1 Å². The molecule has 2 saturated heterocycles. The summed E-state index contributed by atoms with van der Waals surface area (Å²) < 4.78 is 41.3. The number of fused-ring (bicyclic) bond motifs is 5. The number of carbonyl (C=O) groups is 4. The first-order valence-corrected chi connectivity index (χ1v) is 23.6. The molecule has 5 aliphatic rings. The van der Waals surface area contributed by atoms with Crippen molar-refractivity contribution >= 4 is 55.8 Å². The summed E-state index contributed by atoms with van der Waals surface area (Å²) in [6.07, 6.45) is 9.36. The summed E-state index contributed by atoms with van der Waals surface area (Å²) in [4.78, 5) is 69.9. The van der Waals surface area contributed by atoms with Crippen molar-refractivity contribution in [3.8, 4) is 17.3 Å². The fourth-order valence-electron chi connectivity index (χ4n) is 9.06. The van der Waals surface area contributed by atoms with E-state index in [0.29, 0.717) is 67.7 Å². The molecular formula is C46H55N7O8S. The number of hydrogen-bond acceptors (Lipinski definition) is 10. The van der Waals surface area contributed by atoms with E-state index >= 15 is 0 Å². The van der Waals surface area contributed by atoms with Gasteiger partial charge in [-0.05, 0) is 74.5 Å². The van der Waals surface area contributed by atoms with Crippen LogP contribution in [0.3, 0.4) is 0 Å². The molecule has 3 N–H and O–H groups in total. The molecule has 2 aromatic carbocycles. The van der Waals surface area contributed by atoms with E-state index < -0.39 is 62.6 Å². The van der Waals surface area contributed by atoms with Crippen molar-refractivity contribution in [3.05, 3.63) is 66.2 Å². The Hall–Kier alpha value is -5.51. The van der Waals surface area contributed by atoms with Gasteiger partial charge >= 0.3 is 6.03 Å². The number of para-hydroxylation sites is 1. The molecule has 0 bridgehead atoms. The third-order valence-electron chi connectivity index (χ3n) is 13.0. The average molecular weight is 866 g/mol. The van der Waals surface area contributed by atoms with Crippen molar-refractivity contribution in [1.29, 1.82) is 0 Å². The van der Waals surface area contributed by atoms with E-state index in [1.165, 1.54) is 4.90 Å². The van der Waals surface area contributed by atoms with Crippen LogP contribution in [0.4, 0.5) is 4.79 Å². The van der Waals surface area contributed by atoms with Crippen LogP contribution in [0.25, 0.3) is 33.5 Å². The molecule has 62 heavy (non-hydrogen) atoms. The van der Waals surface area contributed by atoms with E-state index in [0.717, 1.165) is 42.2 Å². The zero-order chi connectivity index (χ0) is 43.4. The maximum atomic E-state index is 14.8. The molecule has 4 aromatic rings. The maximum Gasteiger partial charge on any atom is 0.318 e. The maximum absolute atomic E-state index is 14.8. The van der Waals surface area contributed by atoms with Gasteiger partial charge in [-0.15, -0.1) is 0 Å². The van der Waals surface area contributed by atoms with Gasteiger partial charge in [0.1, 0.15) is 34.8 Å². The van der Waals surface area contributed by atoms with Gasteiger partial charge in [-0.3, -0.25) is 19.1 Å². The fraction of sp³-hybridized carbons (Fsp3) is 0.522. The van der Waals surface area contributed by atoms with E-state index in [-0.39, 0.29) is 36.7 Å². The molecule has 2 aromatic heterocycles. The number of carbonyl (C=O) groups excluding carboxylic acids is 4. The van der Waals surface area contributed by atoms with E-state index in [1.807, 2.05) is 48.6 Å². The number of benzene rings is 2. The van der Waals surface area contributed by atoms with Gasteiger partial charge in [0.15, 0.2) is 5.82 Å². The van der Waals surface area contributed by atoms with Gasteiger partial charge in [0.2, 0.25) is 27.4 Å². The van der Waals surface area contributed by atoms with Gasteiger partial charge in [-0.1, -0.05) is 82.2 Å². The predicted octanol–water partition coefficient (Wildman–Crippen LogP) is 5.87. The minimum atomic E-state index is -3.91. The number of hydrogen-bond donors (Lipinski definition) is 3. The molecular weight excluding hydrogens is 811 g/mol. The summed E-state index contributed by atoms with van der Waals surface area (Å²) in [5, 5.41) is 6.07. The summed E-state index contributed by atoms with van der Waals surface area (Å²) in [7, 11) is -3.91. The zero-order valence-electron chi connectivity index (χ0n) is 35.5. The number of likely N-dealkylation sites (tertiary alicyclic amines) is 1. The van der Waals surface area contributed by atoms with Gasteiger partial charge in [-0.2, -0.15) is 4.98 Å². The lowest BCUT2D eigenvalue weighted by Crippen LogP contribution is -2.58. The summed E-state index contributed by atoms with van der Waals surface area (Å²) in [5.74, 6) is -1.71. The molecule has 328 valence electrons. The third kappa shape index (κ3) is 8.37. The van der Waals surface area contributed by atoms with Crippen molar-refractivity contribution in [2.45, 2.75) is 126 Å². The van der Waals surface area contributed by atoms with Crippen molar-refractivity contribution < 1.29 is 36.7 Å². The second-order valence-electron chi connectivity index (χ2n) is 18.6. The highest BCUT2D eigenvalue weighted by Crippen LogP contribution is 2.46. The standard InChI is InChI=1S/C46H55N7O8S/c1-45(2,3)29-19-17-28(18-20-29)39-48-37-33-14-9-10-16-36(33)61-38(37)41(49-39)60-31-25-35-40(54)50-46(43(56)51-62(58,59)32-21-22-32)26-30(46)13-7-5-4-6-8-15-34(42(55)53(35)27-31)47-44(57)52-23-11-12-24-52/h7,9-10,13-14,16-20,30-32,34-35H,4-6,8,11-12,15,21-27H2,1-3H3,(H,47,57)(H,50,54)(H,51,56)/b13-7-/t30-,31+,34-,35-,46+/m0/s1. The first-order chi connectivity index (χ1) is 29.7. The molecule has 0 spiro atoms. The summed E-state index contributed by atoms with van der Waals surface area (Å²) >= 11 is 0. The van der Waals surface area contributed by atoms with Gasteiger partial charge in [0, 0.05) is 36.4 Å². The van der Waals surface area contributed by atoms with Crippen LogP contribution >= 0.6 is 0 Å². The Morgan fingerprint density at radius 1 is 0.952 bits per heavy atom. The average Bonchev–Trinajstić information content (AvgIpc) is 4.03. The number of ether oxygens (including phenoxy) is 1. The highest BCUT2D eigenvalue weighted by Gasteiger charge is 2.62. The summed E-state index contributed by atoms with van der Waals surface area (Å²) in [6, 6.07) is 13.2. The number of sulfonamides is 1. The summed E-state index contributed by atoms with van der Waals surface area (Å²) in [5.41, 5.74) is 1.79. The second kappa shape index (κ2) is 16.3. The van der Waals surface area contributed by atoms with Crippen LogP contribution in [0.2, 0.25) is 0 Å². The number of aromatic nitrogens is 2. The zero-order valence-corrected chi connectivity index (χ0v) is 36.3. The minimum absolute atomic E-state index is 0.0181. The minimum Gasteiger partial charge on any atom is -0.470 e. The van der Waals surface area contributed by atoms with E-state index in [2.05, 4.69) is 48.3 Å². The number of urea groups is 1. The van der Waals surface area contributed by atoms with Gasteiger partial charge in [-0.25, -0.2) is 18.2 Å². The lowest BCUT2D eigenvalue weighted by atomic mass is 9.87. The van der Waals surface area contributed by atoms with Crippen LogP contribution in [-0.4, -0.2) is 101 Å². The Morgan fingerprint density at radius 3 is 2.45 bits per heavy atom. The number of allylic oxidation sites excluding steroid dienone is 1. The molecule has 5 atom stereocenters. The van der Waals surface area contributed by atoms with Gasteiger partial charge in [0.25, 0.3) is 11.8 Å². The predicted molar refractivity (Wildman–Crippen MR) is 232 cm³/mol. The monoisotopic (exact) mass is 865 g/mol. The SMILES string of the molecule is CC(C)(C)c1ccc(-c2nc(O[C@@H]3C[C@H]4C(=O)N[C@]5(C(=O)NS(=O)(=O)C6CC6)C[C@@H]5/C=C\CCCCC[C@H](NC(=O)N5CCCC5)C(=O)N4C3)c3oc4ccccc4c3n2)cc1. The van der Waals surface area contributed by atoms with Crippen molar-refractivity contribution in [3.63, 3.8) is 0 Å². The van der Waals surface area contributed by atoms with Crippen molar-refractivity contribution in [2.24, 2.45) is 5.92 Å². The van der Waals surface area contributed by atoms with Crippen LogP contribution in [-0.2, 0) is 29.8 Å². The number of rotatable bonds is 7. The molecule has 16 heteroatoms. The Bertz CT molecular complexity index is 2540. The largest absolute Gasteiger partial charge is 0.470 e. The van der Waals surface area contributed by atoms with E-state index in [4.69, 9.17) is 19.1 Å². The van der Waals surface area contributed by atoms with Crippen LogP contribution in [0, 0.1) is 5.92 Å². The van der Waals surface area contributed by atoms with Gasteiger partial charge < -0.3 is 29.6 Å². The van der Waals surface area contributed by atoms with Crippen molar-refractivity contribution in [2.75, 3.05) is 19.6 Å². The Kier molecular flexibility index (Phi) is 11.0. The fourth-order valence-corrected chi connectivity index (χ4v) is 10.4. The second-order valence-corrected chi connectivity index (χ2v) is 20.6. The van der Waals surface area contributed by atoms with Crippen LogP contribution in [0.1, 0.15) is 97.0 Å². The molecule has 3 aliphatic heterocycles. The topological polar surface area (TPSA) is 193 Å². The Balaban J connectivity index is 1.06. The normalized spacial score (nSPS) is 26.6. The highest BCUT2D eigenvalue weighted by molar-refractivity contribution is 7.91. The third-order valence-corrected chi connectivity index (χ3v) is 14.8. The number of furan rings is 1. The Labute approximate surface area is 361 Å². The lowest BCUT2D eigenvalue weighted by molar-refractivity contribution is -0.141. The first-order valence-electron chi connectivity index (χ1n) is 22.1. The molecule has 4 fully saturated rings. The lowest BCUT2D eigenvalue weighted by Gasteiger charge is -2.30. The van der Waals surface area contributed by atoms with Gasteiger partial charge in [0.05, 0.1) is 11.8 Å². The molecule has 9 rings (SSSR count). The molecule has 5 amide bonds. The van der Waals surface area contributed by atoms with E-state index in [1.54, 1.807) is 4.90 Å².